The molecule has 114 valence electrons. The van der Waals surface area contributed by atoms with Crippen molar-refractivity contribution >= 4 is 34.2 Å². The van der Waals surface area contributed by atoms with E-state index in [1.165, 1.54) is 0 Å². The number of nitrogens with zero attached hydrogens (tertiary/aromatic N) is 3. The van der Waals surface area contributed by atoms with Gasteiger partial charge in [0.1, 0.15) is 11.3 Å². The minimum Gasteiger partial charge on any atom is -0.374 e. The molecule has 0 spiro atoms. The van der Waals surface area contributed by atoms with E-state index in [0.717, 1.165) is 49.5 Å². The van der Waals surface area contributed by atoms with Gasteiger partial charge in [-0.25, -0.2) is 4.98 Å². The van der Waals surface area contributed by atoms with Crippen LogP contribution in [0, 0.1) is 0 Å². The smallest absolute Gasteiger partial charge is 0.111 e. The molecule has 1 aliphatic heterocycles. The van der Waals surface area contributed by atoms with Gasteiger partial charge < -0.3 is 14.2 Å². The number of aromatic nitrogens is 2. The Labute approximate surface area is 134 Å². The molecule has 0 bridgehead atoms. The lowest BCUT2D eigenvalue weighted by molar-refractivity contribution is -0.0272. The molecule has 2 heterocycles. The normalized spacial score (nSPS) is 20.2. The summed E-state index contributed by atoms with van der Waals surface area (Å²) in [5.74, 6) is 1.52. The molecular weight excluding hydrogens is 309 g/mol. The fourth-order valence-corrected chi connectivity index (χ4v) is 3.20. The predicted molar refractivity (Wildman–Crippen MR) is 86.4 cm³/mol. The first-order chi connectivity index (χ1) is 10.2. The van der Waals surface area contributed by atoms with Crippen molar-refractivity contribution in [2.75, 3.05) is 32.6 Å². The number of fused-ring (bicyclic) bond motifs is 1. The van der Waals surface area contributed by atoms with Crippen molar-refractivity contribution in [2.24, 2.45) is 0 Å². The van der Waals surface area contributed by atoms with Crippen molar-refractivity contribution < 1.29 is 4.74 Å². The average Bonchev–Trinajstić information content (AvgIpc) is 2.79. The number of morpholine rings is 1. The molecule has 2 aromatic rings. The van der Waals surface area contributed by atoms with Gasteiger partial charge in [0.15, 0.2) is 0 Å². The zero-order valence-electron chi connectivity index (χ0n) is 12.1. The predicted octanol–water partition coefficient (Wildman–Crippen LogP) is 2.80. The van der Waals surface area contributed by atoms with E-state index in [9.17, 15) is 0 Å². The second-order valence-corrected chi connectivity index (χ2v) is 6.23. The Morgan fingerprint density at radius 3 is 3.05 bits per heavy atom. The first-order valence-corrected chi connectivity index (χ1v) is 8.10. The molecule has 1 aromatic carbocycles. The zero-order chi connectivity index (χ0) is 14.8. The van der Waals surface area contributed by atoms with E-state index in [4.69, 9.17) is 27.9 Å². The summed E-state index contributed by atoms with van der Waals surface area (Å²) in [6.07, 6.45) is 0.906. The third kappa shape index (κ3) is 3.19. The molecule has 1 atom stereocenters. The SMILES string of the molecule is CN1CCOC(Cn2c(CCCl)nc3c(Cl)cccc32)C1. The molecule has 21 heavy (non-hydrogen) atoms. The van der Waals surface area contributed by atoms with Gasteiger partial charge in [-0.05, 0) is 19.2 Å². The van der Waals surface area contributed by atoms with Crippen LogP contribution in [0.2, 0.25) is 5.02 Å². The number of aryl methyl sites for hydroxylation is 1. The van der Waals surface area contributed by atoms with Crippen LogP contribution >= 0.6 is 23.2 Å². The number of alkyl halides is 1. The maximum Gasteiger partial charge on any atom is 0.111 e. The van der Waals surface area contributed by atoms with Crippen molar-refractivity contribution in [1.82, 2.24) is 14.5 Å². The highest BCUT2D eigenvalue weighted by Crippen LogP contribution is 2.25. The standard InChI is InChI=1S/C15H19Cl2N3O/c1-19-7-8-21-11(9-19)10-20-13-4-2-3-12(17)15(13)18-14(20)5-6-16/h2-4,11H,5-10H2,1H3. The Morgan fingerprint density at radius 2 is 2.29 bits per heavy atom. The molecule has 0 N–H and O–H groups in total. The Bertz CT molecular complexity index is 629. The molecule has 1 aromatic heterocycles. The van der Waals surface area contributed by atoms with Crippen molar-refractivity contribution in [1.29, 1.82) is 0 Å². The summed E-state index contributed by atoms with van der Waals surface area (Å²) in [4.78, 5) is 6.96. The molecule has 0 saturated carbocycles. The maximum atomic E-state index is 6.26. The molecule has 1 fully saturated rings. The molecule has 3 rings (SSSR count). The number of benzene rings is 1. The third-order valence-corrected chi connectivity index (χ3v) is 4.35. The van der Waals surface area contributed by atoms with Crippen LogP contribution in [0.3, 0.4) is 0 Å². The van der Waals surface area contributed by atoms with Gasteiger partial charge in [-0.3, -0.25) is 0 Å². The molecule has 0 radical (unpaired) electrons. The van der Waals surface area contributed by atoms with Crippen molar-refractivity contribution in [2.45, 2.75) is 19.1 Å². The second-order valence-electron chi connectivity index (χ2n) is 5.44. The van der Waals surface area contributed by atoms with Crippen LogP contribution in [0.5, 0.6) is 0 Å². The number of likely N-dealkylation sites (N-methyl/N-ethyl adjacent to an activating group) is 1. The lowest BCUT2D eigenvalue weighted by Gasteiger charge is -2.30. The van der Waals surface area contributed by atoms with Crippen LogP contribution in [-0.2, 0) is 17.7 Å². The van der Waals surface area contributed by atoms with Gasteiger partial charge in [-0.1, -0.05) is 17.7 Å². The fraction of sp³-hybridized carbons (Fsp3) is 0.533. The van der Waals surface area contributed by atoms with Gasteiger partial charge >= 0.3 is 0 Å². The van der Waals surface area contributed by atoms with Crippen LogP contribution in [0.4, 0.5) is 0 Å². The number of para-hydroxylation sites is 1. The van der Waals surface area contributed by atoms with E-state index < -0.39 is 0 Å². The van der Waals surface area contributed by atoms with E-state index in [1.54, 1.807) is 0 Å². The number of halogens is 2. The quantitative estimate of drug-likeness (QED) is 0.809. The zero-order valence-corrected chi connectivity index (χ0v) is 13.6. The molecule has 0 amide bonds. The highest BCUT2D eigenvalue weighted by Gasteiger charge is 2.21. The molecule has 1 saturated heterocycles. The minimum absolute atomic E-state index is 0.175. The van der Waals surface area contributed by atoms with Gasteiger partial charge in [-0.15, -0.1) is 11.6 Å². The lowest BCUT2D eigenvalue weighted by Crippen LogP contribution is -2.42. The number of rotatable bonds is 4. The summed E-state index contributed by atoms with van der Waals surface area (Å²) in [6, 6.07) is 5.89. The average molecular weight is 328 g/mol. The van der Waals surface area contributed by atoms with Crippen molar-refractivity contribution in [3.63, 3.8) is 0 Å². The molecule has 1 unspecified atom stereocenters. The minimum atomic E-state index is 0.175. The molecule has 4 nitrogen and oxygen atoms in total. The van der Waals surface area contributed by atoms with Gasteiger partial charge in [-0.2, -0.15) is 0 Å². The van der Waals surface area contributed by atoms with Gasteiger partial charge in [0.2, 0.25) is 0 Å². The summed E-state index contributed by atoms with van der Waals surface area (Å²) >= 11 is 12.2. The first kappa shape index (κ1) is 15.1. The summed E-state index contributed by atoms with van der Waals surface area (Å²) in [5.41, 5.74) is 1.91. The molecule has 0 aliphatic carbocycles. The molecule has 6 heteroatoms. The Morgan fingerprint density at radius 1 is 1.43 bits per heavy atom. The monoisotopic (exact) mass is 327 g/mol. The Kier molecular flexibility index (Phi) is 4.69. The summed E-state index contributed by atoms with van der Waals surface area (Å²) < 4.78 is 8.08. The van der Waals surface area contributed by atoms with E-state index >= 15 is 0 Å². The summed E-state index contributed by atoms with van der Waals surface area (Å²) in [7, 11) is 2.12. The summed E-state index contributed by atoms with van der Waals surface area (Å²) in [5, 5.41) is 0.684. The maximum absolute atomic E-state index is 6.26. The fourth-order valence-electron chi connectivity index (χ4n) is 2.82. The number of ether oxygens (including phenoxy) is 1. The van der Waals surface area contributed by atoms with E-state index in [-0.39, 0.29) is 6.10 Å². The highest BCUT2D eigenvalue weighted by molar-refractivity contribution is 6.34. The number of hydrogen-bond donors (Lipinski definition) is 0. The number of hydrogen-bond acceptors (Lipinski definition) is 3. The highest BCUT2D eigenvalue weighted by atomic mass is 35.5. The van der Waals surface area contributed by atoms with E-state index in [1.807, 2.05) is 12.1 Å². The van der Waals surface area contributed by atoms with Gasteiger partial charge in [0.05, 0.1) is 29.8 Å². The van der Waals surface area contributed by atoms with Crippen LogP contribution < -0.4 is 0 Å². The first-order valence-electron chi connectivity index (χ1n) is 7.19. The largest absolute Gasteiger partial charge is 0.374 e. The van der Waals surface area contributed by atoms with Gasteiger partial charge in [0.25, 0.3) is 0 Å². The Balaban J connectivity index is 1.95. The molecular formula is C15H19Cl2N3O. The topological polar surface area (TPSA) is 30.3 Å². The van der Waals surface area contributed by atoms with E-state index in [2.05, 4.69) is 27.6 Å². The van der Waals surface area contributed by atoms with E-state index in [0.29, 0.717) is 10.9 Å². The van der Waals surface area contributed by atoms with Crippen molar-refractivity contribution in [3.05, 3.63) is 29.0 Å². The van der Waals surface area contributed by atoms with Crippen LogP contribution in [0.1, 0.15) is 5.82 Å². The van der Waals surface area contributed by atoms with Crippen molar-refractivity contribution in [3.8, 4) is 0 Å². The second kappa shape index (κ2) is 6.53. The summed E-state index contributed by atoms with van der Waals surface area (Å²) in [6.45, 7) is 3.48. The third-order valence-electron chi connectivity index (χ3n) is 3.85. The Hall–Kier alpha value is -0.810. The van der Waals surface area contributed by atoms with Gasteiger partial charge in [0, 0.05) is 25.4 Å². The number of imidazole rings is 1. The molecule has 1 aliphatic rings. The van der Waals surface area contributed by atoms with Crippen LogP contribution in [-0.4, -0.2) is 53.2 Å². The van der Waals surface area contributed by atoms with Crippen LogP contribution in [0.25, 0.3) is 11.0 Å². The van der Waals surface area contributed by atoms with Crippen LogP contribution in [0.15, 0.2) is 18.2 Å². The lowest BCUT2D eigenvalue weighted by atomic mass is 10.2.